The number of aromatic nitrogens is 2. The number of hydrogen-bond donors (Lipinski definition) is 2. The molecule has 0 bridgehead atoms. The quantitative estimate of drug-likeness (QED) is 0.448. The summed E-state index contributed by atoms with van der Waals surface area (Å²) in [5, 5.41) is 13.6. The van der Waals surface area contributed by atoms with Gasteiger partial charge in [-0.05, 0) is 12.0 Å². The SMILES string of the molecule is CC[C@H]1O[C@@H](n2ccc(=O)[nH]c2=O)[C@H](O)[C@@H]1N=[N+]=[N-]. The first-order chi connectivity index (χ1) is 9.08. The van der Waals surface area contributed by atoms with Gasteiger partial charge in [-0.1, -0.05) is 12.0 Å². The lowest BCUT2D eigenvalue weighted by atomic mass is 10.1. The van der Waals surface area contributed by atoms with Gasteiger partial charge in [0.05, 0.1) is 12.1 Å². The maximum atomic E-state index is 11.6. The Morgan fingerprint density at radius 2 is 2.37 bits per heavy atom. The summed E-state index contributed by atoms with van der Waals surface area (Å²) in [5.41, 5.74) is 7.26. The number of aliphatic hydroxyl groups is 1. The number of aromatic amines is 1. The molecule has 9 heteroatoms. The number of hydrogen-bond acceptors (Lipinski definition) is 5. The highest BCUT2D eigenvalue weighted by Crippen LogP contribution is 2.31. The van der Waals surface area contributed by atoms with Gasteiger partial charge in [-0.3, -0.25) is 14.3 Å². The lowest BCUT2D eigenvalue weighted by Crippen LogP contribution is -2.36. The Bertz CT molecular complexity index is 617. The number of rotatable bonds is 3. The smallest absolute Gasteiger partial charge is 0.330 e. The van der Waals surface area contributed by atoms with Gasteiger partial charge in [-0.25, -0.2) is 4.79 Å². The van der Waals surface area contributed by atoms with Crippen LogP contribution in [0.2, 0.25) is 0 Å². The van der Waals surface area contributed by atoms with Crippen molar-refractivity contribution >= 4 is 0 Å². The van der Waals surface area contributed by atoms with Crippen LogP contribution in [0.25, 0.3) is 10.4 Å². The van der Waals surface area contributed by atoms with Crippen molar-refractivity contribution in [1.29, 1.82) is 0 Å². The second-order valence-corrected chi connectivity index (χ2v) is 4.18. The van der Waals surface area contributed by atoms with Crippen LogP contribution < -0.4 is 11.2 Å². The van der Waals surface area contributed by atoms with Gasteiger partial charge in [0.25, 0.3) is 5.56 Å². The molecular formula is C10H13N5O4. The van der Waals surface area contributed by atoms with Crippen LogP contribution in [0.3, 0.4) is 0 Å². The number of aliphatic hydroxyl groups excluding tert-OH is 1. The minimum absolute atomic E-state index is 0.477. The Hall–Kier alpha value is -2.09. The molecule has 0 unspecified atom stereocenters. The lowest BCUT2D eigenvalue weighted by molar-refractivity contribution is -0.0404. The summed E-state index contributed by atoms with van der Waals surface area (Å²) < 4.78 is 6.59. The Morgan fingerprint density at radius 3 is 2.95 bits per heavy atom. The maximum Gasteiger partial charge on any atom is 0.330 e. The van der Waals surface area contributed by atoms with Gasteiger partial charge in [0, 0.05) is 17.2 Å². The minimum Gasteiger partial charge on any atom is -0.388 e. The molecule has 0 spiro atoms. The van der Waals surface area contributed by atoms with E-state index < -0.39 is 35.7 Å². The zero-order valence-electron chi connectivity index (χ0n) is 10.1. The molecule has 2 N–H and O–H groups in total. The van der Waals surface area contributed by atoms with E-state index in [-0.39, 0.29) is 0 Å². The fourth-order valence-corrected chi connectivity index (χ4v) is 2.13. The summed E-state index contributed by atoms with van der Waals surface area (Å²) in [4.78, 5) is 27.4. The first-order valence-electron chi connectivity index (χ1n) is 5.77. The zero-order chi connectivity index (χ0) is 14.0. The molecule has 2 heterocycles. The Kier molecular flexibility index (Phi) is 3.70. The molecule has 4 atom stereocenters. The maximum absolute atomic E-state index is 11.6. The van der Waals surface area contributed by atoms with E-state index in [0.29, 0.717) is 6.42 Å². The highest BCUT2D eigenvalue weighted by molar-refractivity contribution is 4.96. The number of azide groups is 1. The predicted molar refractivity (Wildman–Crippen MR) is 64.5 cm³/mol. The highest BCUT2D eigenvalue weighted by Gasteiger charge is 2.43. The average molecular weight is 267 g/mol. The molecule has 2 rings (SSSR count). The molecule has 1 aromatic rings. The van der Waals surface area contributed by atoms with Crippen molar-refractivity contribution in [2.75, 3.05) is 0 Å². The van der Waals surface area contributed by atoms with Crippen molar-refractivity contribution in [2.24, 2.45) is 5.11 Å². The summed E-state index contributed by atoms with van der Waals surface area (Å²) in [6, 6.07) is 0.387. The van der Waals surface area contributed by atoms with Gasteiger partial charge in [-0.15, -0.1) is 0 Å². The van der Waals surface area contributed by atoms with E-state index in [2.05, 4.69) is 15.0 Å². The summed E-state index contributed by atoms with van der Waals surface area (Å²) in [5.74, 6) is 0. The van der Waals surface area contributed by atoms with Crippen molar-refractivity contribution < 1.29 is 9.84 Å². The molecule has 0 aromatic carbocycles. The molecule has 0 radical (unpaired) electrons. The van der Waals surface area contributed by atoms with Crippen LogP contribution in [0.15, 0.2) is 27.0 Å². The monoisotopic (exact) mass is 267 g/mol. The van der Waals surface area contributed by atoms with E-state index in [0.717, 1.165) is 10.6 Å². The number of H-pyrrole nitrogens is 1. The number of ether oxygens (including phenoxy) is 1. The third-order valence-electron chi connectivity index (χ3n) is 3.05. The summed E-state index contributed by atoms with van der Waals surface area (Å²) >= 11 is 0. The van der Waals surface area contributed by atoms with Crippen LogP contribution in [-0.2, 0) is 4.74 Å². The van der Waals surface area contributed by atoms with Gasteiger partial charge in [-0.2, -0.15) is 0 Å². The van der Waals surface area contributed by atoms with E-state index in [1.54, 1.807) is 0 Å². The average Bonchev–Trinajstić information content (AvgIpc) is 2.68. The third kappa shape index (κ3) is 2.39. The summed E-state index contributed by atoms with van der Waals surface area (Å²) in [7, 11) is 0. The summed E-state index contributed by atoms with van der Waals surface area (Å²) in [6.45, 7) is 1.81. The molecular weight excluding hydrogens is 254 g/mol. The lowest BCUT2D eigenvalue weighted by Gasteiger charge is -2.16. The molecule has 1 aliphatic rings. The predicted octanol–water partition coefficient (Wildman–Crippen LogP) is -0.116. The molecule has 0 saturated carbocycles. The molecule has 9 nitrogen and oxygen atoms in total. The molecule has 0 aliphatic carbocycles. The second-order valence-electron chi connectivity index (χ2n) is 4.18. The Morgan fingerprint density at radius 1 is 1.63 bits per heavy atom. The van der Waals surface area contributed by atoms with Crippen LogP contribution >= 0.6 is 0 Å². The number of nitrogens with zero attached hydrogens (tertiary/aromatic N) is 4. The highest BCUT2D eigenvalue weighted by atomic mass is 16.5. The molecule has 1 aliphatic heterocycles. The van der Waals surface area contributed by atoms with Crippen LogP contribution in [0.1, 0.15) is 19.6 Å². The van der Waals surface area contributed by atoms with Gasteiger partial charge >= 0.3 is 5.69 Å². The van der Waals surface area contributed by atoms with Gasteiger partial charge in [0.1, 0.15) is 6.10 Å². The van der Waals surface area contributed by atoms with Crippen LogP contribution in [0.4, 0.5) is 0 Å². The van der Waals surface area contributed by atoms with Gasteiger partial charge in [0.15, 0.2) is 6.23 Å². The molecule has 1 saturated heterocycles. The van der Waals surface area contributed by atoms with Gasteiger partial charge < -0.3 is 9.84 Å². The molecule has 0 amide bonds. The first kappa shape index (κ1) is 13.3. The van der Waals surface area contributed by atoms with Crippen LogP contribution in [0.5, 0.6) is 0 Å². The van der Waals surface area contributed by atoms with E-state index in [9.17, 15) is 14.7 Å². The Labute approximate surface area is 107 Å². The van der Waals surface area contributed by atoms with Crippen molar-refractivity contribution in [2.45, 2.75) is 37.8 Å². The van der Waals surface area contributed by atoms with Crippen molar-refractivity contribution in [3.8, 4) is 0 Å². The minimum atomic E-state index is -1.15. The topological polar surface area (TPSA) is 133 Å². The van der Waals surface area contributed by atoms with Crippen molar-refractivity contribution in [3.05, 3.63) is 43.5 Å². The fraction of sp³-hybridized carbons (Fsp3) is 0.600. The second kappa shape index (κ2) is 5.27. The van der Waals surface area contributed by atoms with Crippen LogP contribution in [-0.4, -0.2) is 32.9 Å². The fourth-order valence-electron chi connectivity index (χ4n) is 2.13. The van der Waals surface area contributed by atoms with E-state index >= 15 is 0 Å². The largest absolute Gasteiger partial charge is 0.388 e. The van der Waals surface area contributed by atoms with Crippen molar-refractivity contribution in [3.63, 3.8) is 0 Å². The van der Waals surface area contributed by atoms with Crippen molar-refractivity contribution in [1.82, 2.24) is 9.55 Å². The molecule has 1 aromatic heterocycles. The molecule has 1 fully saturated rings. The first-order valence-corrected chi connectivity index (χ1v) is 5.77. The normalized spacial score (nSPS) is 30.0. The van der Waals surface area contributed by atoms with E-state index in [1.165, 1.54) is 6.20 Å². The van der Waals surface area contributed by atoms with E-state index in [1.807, 2.05) is 6.92 Å². The third-order valence-corrected chi connectivity index (χ3v) is 3.05. The molecule has 102 valence electrons. The van der Waals surface area contributed by atoms with Crippen LogP contribution in [0, 0.1) is 0 Å². The van der Waals surface area contributed by atoms with Gasteiger partial charge in [0.2, 0.25) is 0 Å². The molecule has 19 heavy (non-hydrogen) atoms. The summed E-state index contributed by atoms with van der Waals surface area (Å²) in [6.07, 6.45) is -0.848. The van der Waals surface area contributed by atoms with E-state index in [4.69, 9.17) is 10.3 Å². The Balaban J connectivity index is 2.38. The number of nitrogens with one attached hydrogen (secondary N) is 1. The zero-order valence-corrected chi connectivity index (χ0v) is 10.1. The standard InChI is InChI=1S/C10H13N5O4/c1-2-5-7(13-14-11)8(17)9(19-5)15-4-3-6(16)12-10(15)18/h3-5,7-9,17H,2H2,1H3,(H,12,16,18)/t5-,7-,8-,9-/m1/s1.